The van der Waals surface area contributed by atoms with Crippen LogP contribution in [0.25, 0.3) is 0 Å². The Morgan fingerprint density at radius 2 is 2.00 bits per heavy atom. The predicted molar refractivity (Wildman–Crippen MR) is 67.8 cm³/mol. The first-order valence-electron chi connectivity index (χ1n) is 6.70. The summed E-state index contributed by atoms with van der Waals surface area (Å²) in [5.41, 5.74) is 6.35. The molecule has 0 amide bonds. The Bertz CT molecular complexity index is 389. The molecular formula is C15H21N. The quantitative estimate of drug-likeness (QED) is 0.758. The highest BCUT2D eigenvalue weighted by Crippen LogP contribution is 2.30. The molecular weight excluding hydrogens is 194 g/mol. The molecule has 0 spiro atoms. The highest BCUT2D eigenvalue weighted by atomic mass is 14.9. The Balaban J connectivity index is 1.97. The molecule has 1 heteroatoms. The maximum atomic E-state index is 3.61. The molecule has 1 fully saturated rings. The first-order valence-corrected chi connectivity index (χ1v) is 6.70. The third kappa shape index (κ3) is 1.78. The molecule has 1 aliphatic carbocycles. The van der Waals surface area contributed by atoms with Crippen LogP contribution in [0.2, 0.25) is 0 Å². The van der Waals surface area contributed by atoms with E-state index in [4.69, 9.17) is 0 Å². The largest absolute Gasteiger partial charge is 0.310 e. The van der Waals surface area contributed by atoms with Crippen LogP contribution < -0.4 is 5.32 Å². The molecule has 0 aromatic heterocycles. The third-order valence-corrected chi connectivity index (χ3v) is 4.17. The molecule has 1 aliphatic heterocycles. The van der Waals surface area contributed by atoms with Crippen LogP contribution >= 0.6 is 0 Å². The number of fused-ring (bicyclic) bond motifs is 1. The molecule has 0 bridgehead atoms. The van der Waals surface area contributed by atoms with Crippen LogP contribution in [-0.4, -0.2) is 6.54 Å². The van der Waals surface area contributed by atoms with E-state index in [1.54, 1.807) is 11.1 Å². The summed E-state index contributed by atoms with van der Waals surface area (Å²) in [6.45, 7) is 3.49. The molecule has 1 saturated heterocycles. The van der Waals surface area contributed by atoms with Gasteiger partial charge in [0.1, 0.15) is 0 Å². The second-order valence-corrected chi connectivity index (χ2v) is 5.33. The highest BCUT2D eigenvalue weighted by Gasteiger charge is 2.19. The van der Waals surface area contributed by atoms with Crippen LogP contribution in [-0.2, 0) is 12.8 Å². The second kappa shape index (κ2) is 4.21. The van der Waals surface area contributed by atoms with E-state index in [9.17, 15) is 0 Å². The first-order chi connectivity index (χ1) is 7.84. The van der Waals surface area contributed by atoms with E-state index in [0.717, 1.165) is 0 Å². The van der Waals surface area contributed by atoms with Crippen LogP contribution in [0.5, 0.6) is 0 Å². The van der Waals surface area contributed by atoms with E-state index in [1.807, 2.05) is 0 Å². The van der Waals surface area contributed by atoms with E-state index in [2.05, 4.69) is 24.4 Å². The van der Waals surface area contributed by atoms with Gasteiger partial charge in [-0.05, 0) is 74.2 Å². The van der Waals surface area contributed by atoms with Gasteiger partial charge in [0, 0.05) is 6.04 Å². The third-order valence-electron chi connectivity index (χ3n) is 4.17. The maximum Gasteiger partial charge on any atom is 0.0320 e. The SMILES string of the molecule is Cc1cc([C@@H]2CCCN2)cc2c1CCCC2. The average Bonchev–Trinajstić information content (AvgIpc) is 2.82. The molecule has 1 aromatic carbocycles. The van der Waals surface area contributed by atoms with Crippen molar-refractivity contribution in [1.82, 2.24) is 5.32 Å². The van der Waals surface area contributed by atoms with Crippen LogP contribution in [0.15, 0.2) is 12.1 Å². The van der Waals surface area contributed by atoms with Gasteiger partial charge in [0.25, 0.3) is 0 Å². The minimum absolute atomic E-state index is 0.630. The lowest BCUT2D eigenvalue weighted by Crippen LogP contribution is -2.15. The Morgan fingerprint density at radius 1 is 1.12 bits per heavy atom. The number of benzene rings is 1. The lowest BCUT2D eigenvalue weighted by Gasteiger charge is -2.21. The molecule has 1 heterocycles. The topological polar surface area (TPSA) is 12.0 Å². The molecule has 1 nitrogen and oxygen atoms in total. The monoisotopic (exact) mass is 215 g/mol. The smallest absolute Gasteiger partial charge is 0.0320 e. The fourth-order valence-electron chi connectivity index (χ4n) is 3.29. The van der Waals surface area contributed by atoms with E-state index in [0.29, 0.717) is 6.04 Å². The zero-order chi connectivity index (χ0) is 11.0. The average molecular weight is 215 g/mol. The van der Waals surface area contributed by atoms with Gasteiger partial charge in [-0.1, -0.05) is 12.1 Å². The zero-order valence-electron chi connectivity index (χ0n) is 10.2. The maximum absolute atomic E-state index is 3.61. The van der Waals surface area contributed by atoms with Crippen molar-refractivity contribution in [2.24, 2.45) is 0 Å². The van der Waals surface area contributed by atoms with Gasteiger partial charge >= 0.3 is 0 Å². The van der Waals surface area contributed by atoms with E-state index < -0.39 is 0 Å². The summed E-state index contributed by atoms with van der Waals surface area (Å²) in [5, 5.41) is 3.61. The zero-order valence-corrected chi connectivity index (χ0v) is 10.2. The molecule has 2 aliphatic rings. The number of rotatable bonds is 1. The molecule has 1 atom stereocenters. The van der Waals surface area contributed by atoms with E-state index in [1.165, 1.54) is 56.2 Å². The normalized spacial score (nSPS) is 24.4. The van der Waals surface area contributed by atoms with Crippen molar-refractivity contribution in [2.45, 2.75) is 51.5 Å². The predicted octanol–water partition coefficient (Wildman–Crippen LogP) is 3.30. The van der Waals surface area contributed by atoms with Crippen molar-refractivity contribution in [1.29, 1.82) is 0 Å². The van der Waals surface area contributed by atoms with Crippen LogP contribution in [0.3, 0.4) is 0 Å². The molecule has 86 valence electrons. The van der Waals surface area contributed by atoms with Gasteiger partial charge in [-0.25, -0.2) is 0 Å². The highest BCUT2D eigenvalue weighted by molar-refractivity contribution is 5.41. The van der Waals surface area contributed by atoms with E-state index >= 15 is 0 Å². The Morgan fingerprint density at radius 3 is 2.81 bits per heavy atom. The minimum atomic E-state index is 0.630. The summed E-state index contributed by atoms with van der Waals surface area (Å²) in [6, 6.07) is 5.53. The Kier molecular flexibility index (Phi) is 2.72. The molecule has 1 aromatic rings. The summed E-state index contributed by atoms with van der Waals surface area (Å²) in [6.07, 6.45) is 8.03. The molecule has 0 radical (unpaired) electrons. The fraction of sp³-hybridized carbons (Fsp3) is 0.600. The van der Waals surface area contributed by atoms with Gasteiger partial charge in [-0.2, -0.15) is 0 Å². The number of hydrogen-bond donors (Lipinski definition) is 1. The van der Waals surface area contributed by atoms with Gasteiger partial charge in [-0.3, -0.25) is 0 Å². The summed E-state index contributed by atoms with van der Waals surface area (Å²) < 4.78 is 0. The van der Waals surface area contributed by atoms with Crippen LogP contribution in [0.1, 0.15) is 54.0 Å². The van der Waals surface area contributed by atoms with E-state index in [-0.39, 0.29) is 0 Å². The first kappa shape index (κ1) is 10.3. The molecule has 16 heavy (non-hydrogen) atoms. The van der Waals surface area contributed by atoms with Gasteiger partial charge in [0.2, 0.25) is 0 Å². The molecule has 3 rings (SSSR count). The van der Waals surface area contributed by atoms with Crippen molar-refractivity contribution in [3.8, 4) is 0 Å². The molecule has 1 N–H and O–H groups in total. The van der Waals surface area contributed by atoms with Crippen molar-refractivity contribution < 1.29 is 0 Å². The van der Waals surface area contributed by atoms with Gasteiger partial charge in [0.15, 0.2) is 0 Å². The summed E-state index contributed by atoms with van der Waals surface area (Å²) in [4.78, 5) is 0. The second-order valence-electron chi connectivity index (χ2n) is 5.33. The lowest BCUT2D eigenvalue weighted by molar-refractivity contribution is 0.637. The number of aryl methyl sites for hydroxylation is 2. The summed E-state index contributed by atoms with van der Waals surface area (Å²) in [5.74, 6) is 0. The number of hydrogen-bond acceptors (Lipinski definition) is 1. The van der Waals surface area contributed by atoms with Crippen molar-refractivity contribution in [3.63, 3.8) is 0 Å². The van der Waals surface area contributed by atoms with Gasteiger partial charge < -0.3 is 5.32 Å². The minimum Gasteiger partial charge on any atom is -0.310 e. The fourth-order valence-corrected chi connectivity index (χ4v) is 3.29. The summed E-state index contributed by atoms with van der Waals surface area (Å²) in [7, 11) is 0. The van der Waals surface area contributed by atoms with Crippen LogP contribution in [0.4, 0.5) is 0 Å². The van der Waals surface area contributed by atoms with Gasteiger partial charge in [-0.15, -0.1) is 0 Å². The van der Waals surface area contributed by atoms with Gasteiger partial charge in [0.05, 0.1) is 0 Å². The van der Waals surface area contributed by atoms with Crippen LogP contribution in [0, 0.1) is 6.92 Å². The van der Waals surface area contributed by atoms with Crippen molar-refractivity contribution in [2.75, 3.05) is 6.54 Å². The standard InChI is InChI=1S/C15H21N/c1-11-9-13(15-7-4-8-16-15)10-12-5-2-3-6-14(11)12/h9-10,15-16H,2-8H2,1H3/t15-/m0/s1. The van der Waals surface area contributed by atoms with Crippen molar-refractivity contribution in [3.05, 3.63) is 34.4 Å². The molecule has 0 unspecified atom stereocenters. The molecule has 0 saturated carbocycles. The summed E-state index contributed by atoms with van der Waals surface area (Å²) >= 11 is 0. The lowest BCUT2D eigenvalue weighted by atomic mass is 9.86. The Labute approximate surface area is 98.3 Å². The number of nitrogens with one attached hydrogen (secondary N) is 1. The van der Waals surface area contributed by atoms with Crippen molar-refractivity contribution >= 4 is 0 Å². The Hall–Kier alpha value is -0.820.